The second kappa shape index (κ2) is 5.90. The van der Waals surface area contributed by atoms with Crippen molar-refractivity contribution in [3.63, 3.8) is 0 Å². The summed E-state index contributed by atoms with van der Waals surface area (Å²) in [6, 6.07) is 9.34. The minimum Gasteiger partial charge on any atom is -0.460 e. The number of hydrogen-bond donors (Lipinski definition) is 0. The topological polar surface area (TPSA) is 9.23 Å². The molecule has 0 amide bonds. The highest BCUT2D eigenvalue weighted by atomic mass is 35.5. The molecule has 0 fully saturated rings. The average molecular weight is 243 g/mol. The van der Waals surface area contributed by atoms with Crippen LogP contribution in [0.3, 0.4) is 0 Å². The van der Waals surface area contributed by atoms with Crippen molar-refractivity contribution in [2.45, 2.75) is 20.3 Å². The monoisotopic (exact) mass is 242 g/mol. The first-order valence-electron chi connectivity index (χ1n) is 5.20. The molecule has 0 spiro atoms. The molecule has 0 heterocycles. The summed E-state index contributed by atoms with van der Waals surface area (Å²) in [5, 5.41) is 0. The molecule has 1 rings (SSSR count). The summed E-state index contributed by atoms with van der Waals surface area (Å²) in [7, 11) is 0. The number of hydrogen-bond acceptors (Lipinski definition) is 1. The average Bonchev–Trinajstić information content (AvgIpc) is 2.27. The Morgan fingerprint density at radius 2 is 2.00 bits per heavy atom. The Hall–Kier alpha value is -1.02. The van der Waals surface area contributed by atoms with E-state index >= 15 is 0 Å². The SMILES string of the molecule is CC(C)(CCF)/C(=C/Cl)Oc1ccccc1. The summed E-state index contributed by atoms with van der Waals surface area (Å²) in [4.78, 5) is 0. The molecule has 0 atom stereocenters. The molecule has 0 saturated heterocycles. The standard InChI is InChI=1S/C13H16ClFO/c1-13(2,8-9-15)12(10-14)16-11-6-4-3-5-7-11/h3-7,10H,8-9H2,1-2H3/b12-10-. The van der Waals surface area contributed by atoms with Gasteiger partial charge in [-0.25, -0.2) is 0 Å². The largest absolute Gasteiger partial charge is 0.460 e. The Bertz CT molecular complexity index is 346. The van der Waals surface area contributed by atoms with E-state index in [0.717, 1.165) is 0 Å². The summed E-state index contributed by atoms with van der Waals surface area (Å²) < 4.78 is 18.0. The predicted octanol–water partition coefficient (Wildman–Crippen LogP) is 4.53. The smallest absolute Gasteiger partial charge is 0.127 e. The molecule has 0 aliphatic carbocycles. The molecule has 0 radical (unpaired) electrons. The predicted molar refractivity (Wildman–Crippen MR) is 65.4 cm³/mol. The van der Waals surface area contributed by atoms with Gasteiger partial charge in [-0.1, -0.05) is 43.6 Å². The molecule has 0 unspecified atom stereocenters. The highest BCUT2D eigenvalue weighted by Crippen LogP contribution is 2.32. The molecule has 0 aliphatic heterocycles. The van der Waals surface area contributed by atoms with Gasteiger partial charge >= 0.3 is 0 Å². The maximum Gasteiger partial charge on any atom is 0.127 e. The van der Waals surface area contributed by atoms with Crippen LogP contribution in [0, 0.1) is 5.41 Å². The van der Waals surface area contributed by atoms with Gasteiger partial charge in [-0.15, -0.1) is 0 Å². The third kappa shape index (κ3) is 3.53. The van der Waals surface area contributed by atoms with E-state index in [2.05, 4.69) is 0 Å². The first-order chi connectivity index (χ1) is 7.60. The fourth-order valence-corrected chi connectivity index (χ4v) is 1.62. The van der Waals surface area contributed by atoms with Crippen molar-refractivity contribution >= 4 is 11.6 Å². The van der Waals surface area contributed by atoms with E-state index in [-0.39, 0.29) is 6.67 Å². The number of ether oxygens (including phenoxy) is 1. The molecule has 16 heavy (non-hydrogen) atoms. The Morgan fingerprint density at radius 3 is 2.50 bits per heavy atom. The lowest BCUT2D eigenvalue weighted by Gasteiger charge is -2.26. The first kappa shape index (κ1) is 13.0. The molecule has 0 aliphatic rings. The fourth-order valence-electron chi connectivity index (χ4n) is 1.28. The Labute approximate surface area is 101 Å². The van der Waals surface area contributed by atoms with Gasteiger partial charge < -0.3 is 4.74 Å². The maximum atomic E-state index is 12.4. The maximum absolute atomic E-state index is 12.4. The Balaban J connectivity index is 2.78. The van der Waals surface area contributed by atoms with Crippen molar-refractivity contribution < 1.29 is 9.13 Å². The van der Waals surface area contributed by atoms with Gasteiger partial charge in [0.15, 0.2) is 0 Å². The van der Waals surface area contributed by atoms with Crippen LogP contribution in [0.1, 0.15) is 20.3 Å². The fraction of sp³-hybridized carbons (Fsp3) is 0.385. The van der Waals surface area contributed by atoms with Crippen LogP contribution >= 0.6 is 11.6 Å². The van der Waals surface area contributed by atoms with Gasteiger partial charge in [-0.05, 0) is 18.6 Å². The molecule has 1 aromatic carbocycles. The van der Waals surface area contributed by atoms with Crippen LogP contribution in [-0.4, -0.2) is 6.67 Å². The number of benzene rings is 1. The minimum absolute atomic E-state index is 0.387. The summed E-state index contributed by atoms with van der Waals surface area (Å²) in [5.41, 5.74) is 0.981. The van der Waals surface area contributed by atoms with Gasteiger partial charge in [0.1, 0.15) is 11.5 Å². The molecule has 0 aromatic heterocycles. The zero-order chi connectivity index (χ0) is 12.0. The number of alkyl halides is 1. The van der Waals surface area contributed by atoms with Crippen molar-refractivity contribution in [1.29, 1.82) is 0 Å². The van der Waals surface area contributed by atoms with Crippen LogP contribution in [-0.2, 0) is 0 Å². The van der Waals surface area contributed by atoms with Gasteiger partial charge in [0.05, 0.1) is 6.67 Å². The summed E-state index contributed by atoms with van der Waals surface area (Å²) in [5.74, 6) is 1.29. The molecular formula is C13H16ClFO. The van der Waals surface area contributed by atoms with Gasteiger partial charge in [-0.3, -0.25) is 4.39 Å². The highest BCUT2D eigenvalue weighted by molar-refractivity contribution is 6.25. The van der Waals surface area contributed by atoms with Crippen molar-refractivity contribution in [3.8, 4) is 5.75 Å². The minimum atomic E-state index is -0.396. The van der Waals surface area contributed by atoms with Gasteiger partial charge in [0.2, 0.25) is 0 Å². The normalized spacial score (nSPS) is 12.6. The van der Waals surface area contributed by atoms with Crippen LogP contribution in [0.25, 0.3) is 0 Å². The Morgan fingerprint density at radius 1 is 1.38 bits per heavy atom. The van der Waals surface area contributed by atoms with Crippen molar-refractivity contribution in [1.82, 2.24) is 0 Å². The van der Waals surface area contributed by atoms with Crippen LogP contribution in [0.2, 0.25) is 0 Å². The quantitative estimate of drug-likeness (QED) is 0.690. The van der Waals surface area contributed by atoms with E-state index in [1.54, 1.807) is 0 Å². The summed E-state index contributed by atoms with van der Waals surface area (Å²) in [6.45, 7) is 3.42. The van der Waals surface area contributed by atoms with E-state index in [1.165, 1.54) is 5.54 Å². The summed E-state index contributed by atoms with van der Waals surface area (Å²) in [6.07, 6.45) is 0.387. The van der Waals surface area contributed by atoms with Crippen LogP contribution in [0.4, 0.5) is 4.39 Å². The molecule has 3 heteroatoms. The van der Waals surface area contributed by atoms with Crippen LogP contribution in [0.5, 0.6) is 5.75 Å². The number of para-hydroxylation sites is 1. The molecule has 88 valence electrons. The molecule has 1 aromatic rings. The second-order valence-corrected chi connectivity index (χ2v) is 4.43. The molecule has 0 saturated carbocycles. The van der Waals surface area contributed by atoms with Crippen molar-refractivity contribution in [2.75, 3.05) is 6.67 Å². The van der Waals surface area contributed by atoms with E-state index < -0.39 is 5.41 Å². The van der Waals surface area contributed by atoms with E-state index in [1.807, 2.05) is 44.2 Å². The van der Waals surface area contributed by atoms with Gasteiger partial charge in [0, 0.05) is 11.0 Å². The van der Waals surface area contributed by atoms with E-state index in [0.29, 0.717) is 17.9 Å². The van der Waals surface area contributed by atoms with Crippen molar-refractivity contribution in [2.24, 2.45) is 5.41 Å². The van der Waals surface area contributed by atoms with Crippen molar-refractivity contribution in [3.05, 3.63) is 41.6 Å². The zero-order valence-electron chi connectivity index (χ0n) is 9.54. The van der Waals surface area contributed by atoms with E-state index in [4.69, 9.17) is 16.3 Å². The lowest BCUT2D eigenvalue weighted by atomic mass is 9.88. The number of halogens is 2. The van der Waals surface area contributed by atoms with Crippen LogP contribution < -0.4 is 4.74 Å². The molecule has 0 N–H and O–H groups in total. The third-order valence-electron chi connectivity index (χ3n) is 2.46. The number of allylic oxidation sites excluding steroid dienone is 1. The summed E-state index contributed by atoms with van der Waals surface area (Å²) >= 11 is 5.73. The van der Waals surface area contributed by atoms with Gasteiger partial charge in [-0.2, -0.15) is 0 Å². The zero-order valence-corrected chi connectivity index (χ0v) is 10.3. The van der Waals surface area contributed by atoms with Gasteiger partial charge in [0.25, 0.3) is 0 Å². The second-order valence-electron chi connectivity index (χ2n) is 4.21. The Kier molecular flexibility index (Phi) is 4.81. The van der Waals surface area contributed by atoms with E-state index in [9.17, 15) is 4.39 Å². The first-order valence-corrected chi connectivity index (χ1v) is 5.63. The van der Waals surface area contributed by atoms with Crippen LogP contribution in [0.15, 0.2) is 41.6 Å². The molecule has 0 bridgehead atoms. The molecule has 1 nitrogen and oxygen atoms in total. The lowest BCUT2D eigenvalue weighted by molar-refractivity contribution is 0.239. The lowest BCUT2D eigenvalue weighted by Crippen LogP contribution is -2.19. The third-order valence-corrected chi connectivity index (χ3v) is 2.65. The highest BCUT2D eigenvalue weighted by Gasteiger charge is 2.25. The number of rotatable bonds is 5. The molecular weight excluding hydrogens is 227 g/mol.